The van der Waals surface area contributed by atoms with Crippen LogP contribution in [0.15, 0.2) is 35.4 Å². The zero-order valence-electron chi connectivity index (χ0n) is 14.3. The van der Waals surface area contributed by atoms with E-state index in [0.29, 0.717) is 6.54 Å². The average molecular weight is 334 g/mol. The van der Waals surface area contributed by atoms with Gasteiger partial charge in [-0.2, -0.15) is 5.10 Å². The van der Waals surface area contributed by atoms with Gasteiger partial charge >= 0.3 is 0 Å². The van der Waals surface area contributed by atoms with Gasteiger partial charge in [-0.1, -0.05) is 19.1 Å². The van der Waals surface area contributed by atoms with E-state index < -0.39 is 0 Å². The van der Waals surface area contributed by atoms with E-state index in [2.05, 4.69) is 59.0 Å². The molecule has 0 unspecified atom stereocenters. The van der Waals surface area contributed by atoms with E-state index in [1.807, 2.05) is 6.20 Å². The fourth-order valence-electron chi connectivity index (χ4n) is 2.66. The Labute approximate surface area is 143 Å². The molecule has 0 aliphatic carbocycles. The summed E-state index contributed by atoms with van der Waals surface area (Å²) in [6.45, 7) is 7.75. The molecule has 0 amide bonds. The van der Waals surface area contributed by atoms with Crippen LogP contribution in [0.5, 0.6) is 0 Å². The monoisotopic (exact) mass is 333 g/mol. The fourth-order valence-corrected chi connectivity index (χ4v) is 3.07. The molecule has 0 saturated carbocycles. The van der Waals surface area contributed by atoms with Gasteiger partial charge in [-0.25, -0.2) is 0 Å². The molecule has 1 aromatic carbocycles. The Hall–Kier alpha value is -1.30. The van der Waals surface area contributed by atoms with Crippen LogP contribution < -0.4 is 0 Å². The first-order chi connectivity index (χ1) is 11.2. The molecule has 0 fully saturated rings. The standard InChI is InChI=1S/C18H27N3OS/c1-4-9-21-15(2)17(12-19-21)14-20(10-11-22)13-16-5-7-18(23-3)8-6-16/h5-8,12,22H,4,9-11,13-14H2,1-3H3. The van der Waals surface area contributed by atoms with Crippen LogP contribution in [-0.2, 0) is 19.6 Å². The van der Waals surface area contributed by atoms with Crippen LogP contribution in [-0.4, -0.2) is 39.2 Å². The van der Waals surface area contributed by atoms with Crippen molar-refractivity contribution in [1.82, 2.24) is 14.7 Å². The zero-order chi connectivity index (χ0) is 16.7. The van der Waals surface area contributed by atoms with Crippen LogP contribution in [0, 0.1) is 6.92 Å². The molecule has 0 saturated heterocycles. The summed E-state index contributed by atoms with van der Waals surface area (Å²) in [5, 5.41) is 13.8. The Morgan fingerprint density at radius 2 is 1.96 bits per heavy atom. The molecule has 0 atom stereocenters. The van der Waals surface area contributed by atoms with E-state index >= 15 is 0 Å². The quantitative estimate of drug-likeness (QED) is 0.715. The zero-order valence-corrected chi connectivity index (χ0v) is 15.1. The molecule has 4 nitrogen and oxygen atoms in total. The van der Waals surface area contributed by atoms with Gasteiger partial charge in [-0.05, 0) is 37.3 Å². The van der Waals surface area contributed by atoms with Crippen molar-refractivity contribution in [2.45, 2.75) is 44.8 Å². The number of aliphatic hydroxyl groups excluding tert-OH is 1. The summed E-state index contributed by atoms with van der Waals surface area (Å²) in [6, 6.07) is 8.65. The largest absolute Gasteiger partial charge is 0.395 e. The first-order valence-electron chi connectivity index (χ1n) is 8.15. The highest BCUT2D eigenvalue weighted by molar-refractivity contribution is 7.98. The van der Waals surface area contributed by atoms with E-state index in [0.717, 1.165) is 26.1 Å². The number of rotatable bonds is 9. The maximum atomic E-state index is 9.37. The van der Waals surface area contributed by atoms with Crippen LogP contribution >= 0.6 is 11.8 Å². The molecule has 23 heavy (non-hydrogen) atoms. The second-order valence-corrected chi connectivity index (χ2v) is 6.64. The van der Waals surface area contributed by atoms with Crippen molar-refractivity contribution < 1.29 is 5.11 Å². The van der Waals surface area contributed by atoms with E-state index in [-0.39, 0.29) is 6.61 Å². The number of benzene rings is 1. The second-order valence-electron chi connectivity index (χ2n) is 5.76. The van der Waals surface area contributed by atoms with Gasteiger partial charge in [0, 0.05) is 42.3 Å². The molecule has 2 aromatic rings. The Kier molecular flexibility index (Phi) is 7.15. The molecule has 0 aliphatic heterocycles. The lowest BCUT2D eigenvalue weighted by Gasteiger charge is -2.21. The van der Waals surface area contributed by atoms with Gasteiger partial charge < -0.3 is 5.11 Å². The van der Waals surface area contributed by atoms with Crippen molar-refractivity contribution in [1.29, 1.82) is 0 Å². The minimum Gasteiger partial charge on any atom is -0.395 e. The molecule has 0 bridgehead atoms. The van der Waals surface area contributed by atoms with Gasteiger partial charge in [-0.3, -0.25) is 9.58 Å². The van der Waals surface area contributed by atoms with Crippen LogP contribution in [0.1, 0.15) is 30.2 Å². The number of hydrogen-bond donors (Lipinski definition) is 1. The normalized spacial score (nSPS) is 11.3. The van der Waals surface area contributed by atoms with Crippen molar-refractivity contribution >= 4 is 11.8 Å². The Morgan fingerprint density at radius 3 is 2.57 bits per heavy atom. The van der Waals surface area contributed by atoms with Crippen molar-refractivity contribution in [3.05, 3.63) is 47.3 Å². The van der Waals surface area contributed by atoms with Crippen molar-refractivity contribution in [3.63, 3.8) is 0 Å². The van der Waals surface area contributed by atoms with Crippen molar-refractivity contribution in [2.24, 2.45) is 0 Å². The van der Waals surface area contributed by atoms with Gasteiger partial charge in [0.2, 0.25) is 0 Å². The van der Waals surface area contributed by atoms with Crippen LogP contribution in [0.4, 0.5) is 0 Å². The predicted octanol–water partition coefficient (Wildman–Crippen LogP) is 3.32. The highest BCUT2D eigenvalue weighted by atomic mass is 32.2. The third-order valence-corrected chi connectivity index (χ3v) is 4.76. The number of aliphatic hydroxyl groups is 1. The molecule has 5 heteroatoms. The van der Waals surface area contributed by atoms with Crippen molar-refractivity contribution in [2.75, 3.05) is 19.4 Å². The van der Waals surface area contributed by atoms with Gasteiger partial charge in [0.1, 0.15) is 0 Å². The van der Waals surface area contributed by atoms with E-state index in [1.165, 1.54) is 21.7 Å². The number of hydrogen-bond acceptors (Lipinski definition) is 4. The SMILES string of the molecule is CCCn1ncc(CN(CCO)Cc2ccc(SC)cc2)c1C. The van der Waals surface area contributed by atoms with Crippen LogP contribution in [0.3, 0.4) is 0 Å². The van der Waals surface area contributed by atoms with Crippen molar-refractivity contribution in [3.8, 4) is 0 Å². The third kappa shape index (κ3) is 5.09. The smallest absolute Gasteiger partial charge is 0.0558 e. The topological polar surface area (TPSA) is 41.3 Å². The van der Waals surface area contributed by atoms with Crippen LogP contribution in [0.25, 0.3) is 0 Å². The molecule has 2 rings (SSSR count). The first-order valence-corrected chi connectivity index (χ1v) is 9.37. The lowest BCUT2D eigenvalue weighted by atomic mass is 10.2. The van der Waals surface area contributed by atoms with Gasteiger partial charge in [0.15, 0.2) is 0 Å². The molecule has 0 aliphatic rings. The van der Waals surface area contributed by atoms with Gasteiger partial charge in [-0.15, -0.1) is 11.8 Å². The second kappa shape index (κ2) is 9.11. The van der Waals surface area contributed by atoms with E-state index in [9.17, 15) is 5.11 Å². The molecular formula is C18H27N3OS. The maximum absolute atomic E-state index is 9.37. The lowest BCUT2D eigenvalue weighted by Crippen LogP contribution is -2.26. The lowest BCUT2D eigenvalue weighted by molar-refractivity contribution is 0.184. The maximum Gasteiger partial charge on any atom is 0.0558 e. The highest BCUT2D eigenvalue weighted by Gasteiger charge is 2.12. The summed E-state index contributed by atoms with van der Waals surface area (Å²) in [6.07, 6.45) is 5.14. The highest BCUT2D eigenvalue weighted by Crippen LogP contribution is 2.17. The fraction of sp³-hybridized carbons (Fsp3) is 0.500. The summed E-state index contributed by atoms with van der Waals surface area (Å²) < 4.78 is 2.07. The first kappa shape index (κ1) is 18.0. The van der Waals surface area contributed by atoms with Gasteiger partial charge in [0.05, 0.1) is 12.8 Å². The minimum absolute atomic E-state index is 0.172. The average Bonchev–Trinajstić information content (AvgIpc) is 2.89. The summed E-state index contributed by atoms with van der Waals surface area (Å²) >= 11 is 1.75. The molecule has 126 valence electrons. The third-order valence-electron chi connectivity index (χ3n) is 4.02. The molecule has 1 N–H and O–H groups in total. The number of nitrogens with zero attached hydrogens (tertiary/aromatic N) is 3. The summed E-state index contributed by atoms with van der Waals surface area (Å²) in [5.41, 5.74) is 3.75. The molecular weight excluding hydrogens is 306 g/mol. The molecule has 0 spiro atoms. The van der Waals surface area contributed by atoms with Crippen LogP contribution in [0.2, 0.25) is 0 Å². The number of aryl methyl sites for hydroxylation is 1. The number of aromatic nitrogens is 2. The Morgan fingerprint density at radius 1 is 1.22 bits per heavy atom. The molecule has 0 radical (unpaired) electrons. The summed E-state index contributed by atoms with van der Waals surface area (Å²) in [5.74, 6) is 0. The predicted molar refractivity (Wildman–Crippen MR) is 96.7 cm³/mol. The van der Waals surface area contributed by atoms with E-state index in [4.69, 9.17) is 0 Å². The molecule has 1 aromatic heterocycles. The minimum atomic E-state index is 0.172. The number of thioether (sulfide) groups is 1. The van der Waals surface area contributed by atoms with E-state index in [1.54, 1.807) is 11.8 Å². The Bertz CT molecular complexity index is 595. The Balaban J connectivity index is 2.05. The summed E-state index contributed by atoms with van der Waals surface area (Å²) in [7, 11) is 0. The summed E-state index contributed by atoms with van der Waals surface area (Å²) in [4.78, 5) is 3.55. The molecule has 1 heterocycles. The van der Waals surface area contributed by atoms with Gasteiger partial charge in [0.25, 0.3) is 0 Å².